The number of carbonyl (C=O) groups excluding carboxylic acids is 2. The normalized spacial score (nSPS) is 12.7. The van der Waals surface area contributed by atoms with Crippen molar-refractivity contribution < 1.29 is 18.7 Å². The molecule has 0 bridgehead atoms. The van der Waals surface area contributed by atoms with Crippen molar-refractivity contribution in [3.05, 3.63) is 65.0 Å². The molecule has 2 atom stereocenters. The first kappa shape index (κ1) is 23.4. The van der Waals surface area contributed by atoms with Crippen molar-refractivity contribution in [1.29, 1.82) is 0 Å². The van der Waals surface area contributed by atoms with Crippen LogP contribution in [0.3, 0.4) is 0 Å². The number of halogens is 1. The molecule has 0 saturated heterocycles. The molecule has 2 aromatic rings. The third-order valence-electron chi connectivity index (χ3n) is 5.12. The standard InChI is InChI=1S/C24H31FN2O3/c1-6-18(4)26-24(29)19(5)27(14-20-8-10-21(25)11-9-20)23(28)15-30-22-12-7-16(2)13-17(22)3/h7-13,18-19H,6,14-15H2,1-5H3,(H,26,29)/t18-,19+/m1/s1. The highest BCUT2D eigenvalue weighted by atomic mass is 19.1. The Kier molecular flexibility index (Phi) is 8.39. The average molecular weight is 415 g/mol. The Labute approximate surface area is 178 Å². The molecular formula is C24H31FN2O3. The molecular weight excluding hydrogens is 383 g/mol. The Bertz CT molecular complexity index is 867. The van der Waals surface area contributed by atoms with Gasteiger partial charge in [0.05, 0.1) is 0 Å². The van der Waals surface area contributed by atoms with Crippen LogP contribution >= 0.6 is 0 Å². The number of benzene rings is 2. The maximum Gasteiger partial charge on any atom is 0.261 e. The van der Waals surface area contributed by atoms with Gasteiger partial charge in [0, 0.05) is 12.6 Å². The van der Waals surface area contributed by atoms with Gasteiger partial charge in [-0.2, -0.15) is 0 Å². The lowest BCUT2D eigenvalue weighted by molar-refractivity contribution is -0.142. The predicted octanol–water partition coefficient (Wildman–Crippen LogP) is 4.15. The van der Waals surface area contributed by atoms with E-state index in [9.17, 15) is 14.0 Å². The summed E-state index contributed by atoms with van der Waals surface area (Å²) in [6.07, 6.45) is 0.792. The number of hydrogen-bond donors (Lipinski definition) is 1. The lowest BCUT2D eigenvalue weighted by atomic mass is 10.1. The number of amides is 2. The average Bonchev–Trinajstić information content (AvgIpc) is 2.71. The summed E-state index contributed by atoms with van der Waals surface area (Å²) in [5.41, 5.74) is 2.79. The van der Waals surface area contributed by atoms with E-state index in [0.29, 0.717) is 5.75 Å². The number of ether oxygens (including phenoxy) is 1. The van der Waals surface area contributed by atoms with Crippen LogP contribution in [0.25, 0.3) is 0 Å². The van der Waals surface area contributed by atoms with Gasteiger partial charge in [0.1, 0.15) is 17.6 Å². The second kappa shape index (κ2) is 10.8. The molecule has 2 rings (SSSR count). The smallest absolute Gasteiger partial charge is 0.261 e. The summed E-state index contributed by atoms with van der Waals surface area (Å²) >= 11 is 0. The minimum absolute atomic E-state index is 0.00850. The molecule has 0 aliphatic carbocycles. The number of aryl methyl sites for hydroxylation is 2. The zero-order chi connectivity index (χ0) is 22.3. The first-order valence-corrected chi connectivity index (χ1v) is 10.3. The second-order valence-corrected chi connectivity index (χ2v) is 7.70. The molecule has 5 nitrogen and oxygen atoms in total. The summed E-state index contributed by atoms with van der Waals surface area (Å²) < 4.78 is 19.0. The summed E-state index contributed by atoms with van der Waals surface area (Å²) in [5.74, 6) is -0.262. The van der Waals surface area contributed by atoms with Gasteiger partial charge in [0.15, 0.2) is 6.61 Å². The molecule has 0 aromatic heterocycles. The van der Waals surface area contributed by atoms with Crippen LogP contribution in [0.2, 0.25) is 0 Å². The number of carbonyl (C=O) groups is 2. The summed E-state index contributed by atoms with van der Waals surface area (Å²) in [5, 5.41) is 2.92. The second-order valence-electron chi connectivity index (χ2n) is 7.70. The number of rotatable bonds is 9. The molecule has 0 saturated carbocycles. The van der Waals surface area contributed by atoms with Crippen molar-refractivity contribution in [2.24, 2.45) is 0 Å². The molecule has 2 aromatic carbocycles. The number of nitrogens with zero attached hydrogens (tertiary/aromatic N) is 1. The van der Waals surface area contributed by atoms with Crippen LogP contribution < -0.4 is 10.1 Å². The highest BCUT2D eigenvalue weighted by Gasteiger charge is 2.27. The van der Waals surface area contributed by atoms with Crippen LogP contribution in [0.4, 0.5) is 4.39 Å². The maximum absolute atomic E-state index is 13.3. The van der Waals surface area contributed by atoms with Crippen LogP contribution in [0.1, 0.15) is 43.9 Å². The van der Waals surface area contributed by atoms with Gasteiger partial charge in [-0.15, -0.1) is 0 Å². The van der Waals surface area contributed by atoms with Crippen molar-refractivity contribution in [3.63, 3.8) is 0 Å². The Morgan fingerprint density at radius 3 is 2.37 bits per heavy atom. The van der Waals surface area contributed by atoms with Gasteiger partial charge in [-0.25, -0.2) is 4.39 Å². The van der Waals surface area contributed by atoms with Gasteiger partial charge in [0.2, 0.25) is 5.91 Å². The first-order valence-electron chi connectivity index (χ1n) is 10.3. The fourth-order valence-electron chi connectivity index (χ4n) is 3.02. The first-order chi connectivity index (χ1) is 14.2. The van der Waals surface area contributed by atoms with E-state index >= 15 is 0 Å². The van der Waals surface area contributed by atoms with E-state index in [1.54, 1.807) is 19.1 Å². The summed E-state index contributed by atoms with van der Waals surface area (Å²) in [4.78, 5) is 27.1. The Morgan fingerprint density at radius 1 is 1.10 bits per heavy atom. The third-order valence-corrected chi connectivity index (χ3v) is 5.12. The van der Waals surface area contributed by atoms with Crippen molar-refractivity contribution >= 4 is 11.8 Å². The van der Waals surface area contributed by atoms with Crippen molar-refractivity contribution in [2.45, 2.75) is 59.7 Å². The van der Waals surface area contributed by atoms with E-state index in [4.69, 9.17) is 4.74 Å². The highest BCUT2D eigenvalue weighted by molar-refractivity contribution is 5.88. The topological polar surface area (TPSA) is 58.6 Å². The van der Waals surface area contributed by atoms with E-state index in [-0.39, 0.29) is 36.8 Å². The summed E-state index contributed by atoms with van der Waals surface area (Å²) in [6.45, 7) is 9.50. The largest absolute Gasteiger partial charge is 0.483 e. The third kappa shape index (κ3) is 6.58. The van der Waals surface area contributed by atoms with Gasteiger partial charge in [-0.05, 0) is 63.4 Å². The highest BCUT2D eigenvalue weighted by Crippen LogP contribution is 2.19. The fourth-order valence-corrected chi connectivity index (χ4v) is 3.02. The Balaban J connectivity index is 2.16. The minimum atomic E-state index is -0.695. The molecule has 0 aliphatic heterocycles. The molecule has 162 valence electrons. The van der Waals surface area contributed by atoms with Gasteiger partial charge >= 0.3 is 0 Å². The van der Waals surface area contributed by atoms with Crippen LogP contribution in [0.15, 0.2) is 42.5 Å². The molecule has 0 unspecified atom stereocenters. The molecule has 0 heterocycles. The monoisotopic (exact) mass is 414 g/mol. The van der Waals surface area contributed by atoms with E-state index in [0.717, 1.165) is 23.1 Å². The molecule has 0 radical (unpaired) electrons. The van der Waals surface area contributed by atoms with Crippen LogP contribution in [0.5, 0.6) is 5.75 Å². The lowest BCUT2D eigenvalue weighted by Crippen LogP contribution is -2.50. The lowest BCUT2D eigenvalue weighted by Gasteiger charge is -2.29. The SMILES string of the molecule is CC[C@@H](C)NC(=O)[C@H](C)N(Cc1ccc(F)cc1)C(=O)COc1ccc(C)cc1C. The van der Waals surface area contributed by atoms with Gasteiger partial charge in [-0.1, -0.05) is 36.8 Å². The Hall–Kier alpha value is -2.89. The molecule has 1 N–H and O–H groups in total. The van der Waals surface area contributed by atoms with E-state index in [2.05, 4.69) is 5.32 Å². The van der Waals surface area contributed by atoms with Crippen LogP contribution in [0, 0.1) is 19.7 Å². The molecule has 0 aliphatic rings. The van der Waals surface area contributed by atoms with Crippen molar-refractivity contribution in [1.82, 2.24) is 10.2 Å². The van der Waals surface area contributed by atoms with Crippen LogP contribution in [-0.4, -0.2) is 35.4 Å². The van der Waals surface area contributed by atoms with Gasteiger partial charge in [0.25, 0.3) is 5.91 Å². The van der Waals surface area contributed by atoms with Crippen LogP contribution in [-0.2, 0) is 16.1 Å². The molecule has 0 fully saturated rings. The van der Waals surface area contributed by atoms with Gasteiger partial charge in [-0.3, -0.25) is 9.59 Å². The van der Waals surface area contributed by atoms with Gasteiger partial charge < -0.3 is 15.0 Å². The maximum atomic E-state index is 13.3. The van der Waals surface area contributed by atoms with E-state index in [1.807, 2.05) is 45.9 Å². The molecule has 30 heavy (non-hydrogen) atoms. The summed E-state index contributed by atoms with van der Waals surface area (Å²) in [7, 11) is 0. The molecule has 2 amide bonds. The molecule has 0 spiro atoms. The fraction of sp³-hybridized carbons (Fsp3) is 0.417. The summed E-state index contributed by atoms with van der Waals surface area (Å²) in [6, 6.07) is 11.0. The van der Waals surface area contributed by atoms with Crippen molar-refractivity contribution in [3.8, 4) is 5.75 Å². The predicted molar refractivity (Wildman–Crippen MR) is 116 cm³/mol. The zero-order valence-corrected chi connectivity index (χ0v) is 18.4. The van der Waals surface area contributed by atoms with E-state index in [1.165, 1.54) is 17.0 Å². The number of nitrogens with one attached hydrogen (secondary N) is 1. The Morgan fingerprint density at radius 2 is 1.77 bits per heavy atom. The van der Waals surface area contributed by atoms with E-state index < -0.39 is 6.04 Å². The molecule has 6 heteroatoms. The minimum Gasteiger partial charge on any atom is -0.483 e. The number of hydrogen-bond acceptors (Lipinski definition) is 3. The zero-order valence-electron chi connectivity index (χ0n) is 18.4. The van der Waals surface area contributed by atoms with Crippen molar-refractivity contribution in [2.75, 3.05) is 6.61 Å². The quantitative estimate of drug-likeness (QED) is 0.671.